The number of hydrogen-bond donors (Lipinski definition) is 1. The molecule has 1 fully saturated rings. The zero-order valence-corrected chi connectivity index (χ0v) is 10.7. The lowest BCUT2D eigenvalue weighted by Crippen LogP contribution is -2.36. The Morgan fingerprint density at radius 3 is 2.46 bits per heavy atom. The van der Waals surface area contributed by atoms with Gasteiger partial charge in [0, 0.05) is 12.5 Å². The number of alkyl halides is 2. The first-order valence-corrected chi connectivity index (χ1v) is 6.59. The standard InChI is InChI=1S/C9H15Br2NO/c10-8(11)6-9(13)12-7-4-2-1-3-5-7/h7-8H,1-6H2,(H,12,13). The lowest BCUT2D eigenvalue weighted by molar-refractivity contribution is -0.121. The van der Waals surface area contributed by atoms with Crippen LogP contribution in [0.25, 0.3) is 0 Å². The summed E-state index contributed by atoms with van der Waals surface area (Å²) in [6.45, 7) is 0. The van der Waals surface area contributed by atoms with Crippen LogP contribution in [0.15, 0.2) is 0 Å². The Morgan fingerprint density at radius 1 is 1.31 bits per heavy atom. The van der Waals surface area contributed by atoms with Crippen molar-refractivity contribution >= 4 is 37.8 Å². The summed E-state index contributed by atoms with van der Waals surface area (Å²) in [6, 6.07) is 0.431. The highest BCUT2D eigenvalue weighted by molar-refractivity contribution is 9.24. The quantitative estimate of drug-likeness (QED) is 0.798. The Kier molecular flexibility index (Phi) is 5.32. The van der Waals surface area contributed by atoms with Crippen LogP contribution in [0.1, 0.15) is 38.5 Å². The minimum absolute atomic E-state index is 0.101. The number of amides is 1. The Hall–Kier alpha value is 0.430. The molecule has 0 aliphatic heterocycles. The molecule has 0 saturated heterocycles. The molecule has 0 unspecified atom stereocenters. The van der Waals surface area contributed by atoms with Crippen molar-refractivity contribution in [3.05, 3.63) is 0 Å². The summed E-state index contributed by atoms with van der Waals surface area (Å²) in [7, 11) is 0. The molecular weight excluding hydrogens is 298 g/mol. The SMILES string of the molecule is O=C(CC(Br)Br)NC1CCCCC1. The lowest BCUT2D eigenvalue weighted by Gasteiger charge is -2.22. The van der Waals surface area contributed by atoms with Gasteiger partial charge in [0.05, 0.1) is 3.74 Å². The topological polar surface area (TPSA) is 29.1 Å². The predicted octanol–water partition coefficient (Wildman–Crippen LogP) is 2.94. The van der Waals surface area contributed by atoms with E-state index in [9.17, 15) is 4.79 Å². The second-order valence-electron chi connectivity index (χ2n) is 3.50. The Balaban J connectivity index is 2.18. The van der Waals surface area contributed by atoms with Crippen LogP contribution >= 0.6 is 31.9 Å². The number of carbonyl (C=O) groups is 1. The second-order valence-corrected chi connectivity index (χ2v) is 6.94. The van der Waals surface area contributed by atoms with E-state index >= 15 is 0 Å². The van der Waals surface area contributed by atoms with E-state index in [0.29, 0.717) is 12.5 Å². The second kappa shape index (κ2) is 6.02. The van der Waals surface area contributed by atoms with Crippen molar-refractivity contribution in [1.82, 2.24) is 5.32 Å². The van der Waals surface area contributed by atoms with Gasteiger partial charge >= 0.3 is 0 Å². The predicted molar refractivity (Wildman–Crippen MR) is 61.3 cm³/mol. The van der Waals surface area contributed by atoms with Crippen LogP contribution in [-0.2, 0) is 4.79 Å². The molecule has 0 radical (unpaired) electrons. The van der Waals surface area contributed by atoms with Gasteiger partial charge in [-0.15, -0.1) is 0 Å². The maximum Gasteiger partial charge on any atom is 0.222 e. The van der Waals surface area contributed by atoms with Crippen LogP contribution in [0.4, 0.5) is 0 Å². The molecular formula is C9H15Br2NO. The zero-order valence-electron chi connectivity index (χ0n) is 7.56. The van der Waals surface area contributed by atoms with Gasteiger partial charge in [-0.3, -0.25) is 4.79 Å². The van der Waals surface area contributed by atoms with Gasteiger partial charge in [-0.25, -0.2) is 0 Å². The van der Waals surface area contributed by atoms with Gasteiger partial charge in [-0.2, -0.15) is 0 Å². The number of nitrogens with one attached hydrogen (secondary N) is 1. The first kappa shape index (κ1) is 11.5. The Bertz CT molecular complexity index is 167. The van der Waals surface area contributed by atoms with Gasteiger partial charge in [-0.05, 0) is 12.8 Å². The van der Waals surface area contributed by atoms with E-state index < -0.39 is 0 Å². The van der Waals surface area contributed by atoms with Crippen LogP contribution < -0.4 is 5.32 Å². The van der Waals surface area contributed by atoms with Gasteiger partial charge in [0.2, 0.25) is 5.91 Å². The first-order valence-electron chi connectivity index (χ1n) is 4.76. The van der Waals surface area contributed by atoms with E-state index in [-0.39, 0.29) is 9.64 Å². The van der Waals surface area contributed by atoms with Crippen molar-refractivity contribution in [1.29, 1.82) is 0 Å². The molecule has 0 heterocycles. The van der Waals surface area contributed by atoms with Gasteiger partial charge in [0.25, 0.3) is 0 Å². The van der Waals surface area contributed by atoms with E-state index in [1.165, 1.54) is 19.3 Å². The fourth-order valence-electron chi connectivity index (χ4n) is 1.67. The smallest absolute Gasteiger partial charge is 0.222 e. The van der Waals surface area contributed by atoms with Crippen molar-refractivity contribution in [3.63, 3.8) is 0 Å². The summed E-state index contributed by atoms with van der Waals surface area (Å²) in [5.74, 6) is 0.144. The molecule has 13 heavy (non-hydrogen) atoms. The number of halogens is 2. The Labute approximate surface area is 96.1 Å². The van der Waals surface area contributed by atoms with Crippen molar-refractivity contribution < 1.29 is 4.79 Å². The summed E-state index contributed by atoms with van der Waals surface area (Å²) in [6.07, 6.45) is 6.67. The summed E-state index contributed by atoms with van der Waals surface area (Å²) in [5, 5.41) is 3.05. The zero-order chi connectivity index (χ0) is 9.68. The van der Waals surface area contributed by atoms with Crippen molar-refractivity contribution in [2.75, 3.05) is 0 Å². The molecule has 1 saturated carbocycles. The van der Waals surface area contributed by atoms with Crippen LogP contribution in [0.3, 0.4) is 0 Å². The molecule has 0 atom stereocenters. The van der Waals surface area contributed by atoms with Gasteiger partial charge in [0.15, 0.2) is 0 Å². The molecule has 76 valence electrons. The fourth-order valence-corrected chi connectivity index (χ4v) is 2.26. The molecule has 0 aromatic rings. The van der Waals surface area contributed by atoms with Crippen molar-refractivity contribution in [3.8, 4) is 0 Å². The monoisotopic (exact) mass is 311 g/mol. The molecule has 1 rings (SSSR count). The van der Waals surface area contributed by atoms with E-state index in [4.69, 9.17) is 0 Å². The van der Waals surface area contributed by atoms with Gasteiger partial charge in [-0.1, -0.05) is 51.1 Å². The third kappa shape index (κ3) is 5.01. The largest absolute Gasteiger partial charge is 0.353 e. The minimum Gasteiger partial charge on any atom is -0.353 e. The maximum absolute atomic E-state index is 11.4. The first-order chi connectivity index (χ1) is 6.18. The molecule has 1 N–H and O–H groups in total. The lowest BCUT2D eigenvalue weighted by atomic mass is 9.95. The highest BCUT2D eigenvalue weighted by atomic mass is 79.9. The molecule has 0 bridgehead atoms. The third-order valence-electron chi connectivity index (χ3n) is 2.31. The highest BCUT2D eigenvalue weighted by Gasteiger charge is 2.16. The number of rotatable bonds is 3. The van der Waals surface area contributed by atoms with Crippen LogP contribution in [-0.4, -0.2) is 15.7 Å². The van der Waals surface area contributed by atoms with Crippen LogP contribution in [0, 0.1) is 0 Å². The van der Waals surface area contributed by atoms with Gasteiger partial charge < -0.3 is 5.32 Å². The fraction of sp³-hybridized carbons (Fsp3) is 0.889. The average molecular weight is 313 g/mol. The molecule has 0 aromatic heterocycles. The molecule has 0 spiro atoms. The molecule has 0 aromatic carbocycles. The maximum atomic E-state index is 11.4. The third-order valence-corrected chi connectivity index (χ3v) is 2.96. The number of hydrogen-bond acceptors (Lipinski definition) is 1. The minimum atomic E-state index is 0.101. The summed E-state index contributed by atoms with van der Waals surface area (Å²) >= 11 is 6.59. The molecule has 4 heteroatoms. The van der Waals surface area contributed by atoms with Crippen LogP contribution in [0.5, 0.6) is 0 Å². The van der Waals surface area contributed by atoms with E-state index in [0.717, 1.165) is 12.8 Å². The van der Waals surface area contributed by atoms with Crippen molar-refractivity contribution in [2.45, 2.75) is 48.3 Å². The molecule has 1 aliphatic rings. The van der Waals surface area contributed by atoms with E-state index in [1.807, 2.05) is 0 Å². The number of carbonyl (C=O) groups excluding carboxylic acids is 1. The highest BCUT2D eigenvalue weighted by Crippen LogP contribution is 2.18. The summed E-state index contributed by atoms with van der Waals surface area (Å²) in [5.41, 5.74) is 0. The van der Waals surface area contributed by atoms with Crippen molar-refractivity contribution in [2.24, 2.45) is 0 Å². The Morgan fingerprint density at radius 2 is 1.92 bits per heavy atom. The van der Waals surface area contributed by atoms with E-state index in [1.54, 1.807) is 0 Å². The molecule has 2 nitrogen and oxygen atoms in total. The summed E-state index contributed by atoms with van der Waals surface area (Å²) in [4.78, 5) is 11.4. The summed E-state index contributed by atoms with van der Waals surface area (Å²) < 4.78 is 0.101. The molecule has 1 amide bonds. The van der Waals surface area contributed by atoms with E-state index in [2.05, 4.69) is 37.2 Å². The normalized spacial score (nSPS) is 19.0. The average Bonchev–Trinajstić information content (AvgIpc) is 2.04. The van der Waals surface area contributed by atoms with Gasteiger partial charge in [0.1, 0.15) is 0 Å². The molecule has 1 aliphatic carbocycles. The van der Waals surface area contributed by atoms with Crippen LogP contribution in [0.2, 0.25) is 0 Å².